The predicted octanol–water partition coefficient (Wildman–Crippen LogP) is 1.99. The van der Waals surface area contributed by atoms with Crippen LogP contribution in [0.15, 0.2) is 18.2 Å². The van der Waals surface area contributed by atoms with Gasteiger partial charge in [0.25, 0.3) is 0 Å². The largest absolute Gasteiger partial charge is 0.389 e. The Morgan fingerprint density at radius 2 is 2.25 bits per heavy atom. The molecule has 0 amide bonds. The minimum absolute atomic E-state index is 0.240. The van der Waals surface area contributed by atoms with Crippen molar-refractivity contribution in [1.82, 2.24) is 9.80 Å². The Hall–Kier alpha value is -1.04. The number of hydrogen-bond donors (Lipinski definition) is 1. The molecule has 2 N–H and O–H groups in total. The molecule has 0 aliphatic carbocycles. The lowest BCUT2D eigenvalue weighted by molar-refractivity contribution is 0.215. The summed E-state index contributed by atoms with van der Waals surface area (Å²) < 4.78 is 13.6. The van der Waals surface area contributed by atoms with Gasteiger partial charge in [-0.1, -0.05) is 12.2 Å². The molecule has 1 aliphatic heterocycles. The molecular formula is C15H22FN3S. The lowest BCUT2D eigenvalue weighted by atomic mass is 10.1. The molecule has 0 radical (unpaired) electrons. The first kappa shape index (κ1) is 15.4. The van der Waals surface area contributed by atoms with Crippen molar-refractivity contribution in [2.45, 2.75) is 25.4 Å². The van der Waals surface area contributed by atoms with Crippen LogP contribution in [0.1, 0.15) is 24.0 Å². The van der Waals surface area contributed by atoms with Crippen molar-refractivity contribution in [2.24, 2.45) is 5.73 Å². The second-order valence-corrected chi connectivity index (χ2v) is 6.13. The molecular weight excluding hydrogens is 273 g/mol. The quantitative estimate of drug-likeness (QED) is 0.842. The van der Waals surface area contributed by atoms with E-state index in [-0.39, 0.29) is 10.8 Å². The third-order valence-electron chi connectivity index (χ3n) is 3.89. The molecule has 110 valence electrons. The zero-order chi connectivity index (χ0) is 14.7. The number of hydrogen-bond acceptors (Lipinski definition) is 3. The van der Waals surface area contributed by atoms with E-state index in [1.54, 1.807) is 6.07 Å². The van der Waals surface area contributed by atoms with Crippen molar-refractivity contribution in [1.29, 1.82) is 0 Å². The molecule has 1 saturated heterocycles. The number of nitrogens with two attached hydrogens (primary N) is 1. The van der Waals surface area contributed by atoms with E-state index in [0.29, 0.717) is 18.2 Å². The van der Waals surface area contributed by atoms with Crippen LogP contribution in [0.2, 0.25) is 0 Å². The zero-order valence-corrected chi connectivity index (χ0v) is 12.9. The van der Waals surface area contributed by atoms with Crippen LogP contribution in [0.3, 0.4) is 0 Å². The fourth-order valence-corrected chi connectivity index (χ4v) is 2.95. The average molecular weight is 295 g/mol. The number of rotatable bonds is 5. The fourth-order valence-electron chi connectivity index (χ4n) is 2.83. The van der Waals surface area contributed by atoms with Crippen LogP contribution in [-0.2, 0) is 6.54 Å². The molecule has 1 heterocycles. The molecule has 5 heteroatoms. The lowest BCUT2D eigenvalue weighted by Crippen LogP contribution is -2.36. The second kappa shape index (κ2) is 6.61. The second-order valence-electron chi connectivity index (χ2n) is 5.69. The molecule has 1 aliphatic rings. The summed E-state index contributed by atoms with van der Waals surface area (Å²) in [6.45, 7) is 2.87. The van der Waals surface area contributed by atoms with E-state index in [0.717, 1.165) is 12.1 Å². The zero-order valence-electron chi connectivity index (χ0n) is 12.1. The highest BCUT2D eigenvalue weighted by molar-refractivity contribution is 7.80. The SMILES string of the molecule is CN(Cc1cc(F)cc(C(N)=S)c1)CC1CCCN1C. The summed E-state index contributed by atoms with van der Waals surface area (Å²) in [6, 6.07) is 5.41. The number of benzene rings is 1. The Kier molecular flexibility index (Phi) is 5.07. The van der Waals surface area contributed by atoms with Crippen molar-refractivity contribution in [3.8, 4) is 0 Å². The normalized spacial score (nSPS) is 19.7. The standard InChI is InChI=1S/C15H22FN3S/c1-18(10-14-4-3-5-19(14)2)9-11-6-12(15(17)20)8-13(16)7-11/h6-8,14H,3-5,9-10H2,1-2H3,(H2,17,20). The van der Waals surface area contributed by atoms with Crippen LogP contribution in [0, 0.1) is 5.82 Å². The van der Waals surface area contributed by atoms with Crippen LogP contribution in [0.25, 0.3) is 0 Å². The van der Waals surface area contributed by atoms with Crippen molar-refractivity contribution in [3.05, 3.63) is 35.1 Å². The van der Waals surface area contributed by atoms with Gasteiger partial charge >= 0.3 is 0 Å². The number of thiocarbonyl (C=S) groups is 1. The maximum absolute atomic E-state index is 13.6. The highest BCUT2D eigenvalue weighted by Gasteiger charge is 2.22. The Morgan fingerprint density at radius 1 is 1.50 bits per heavy atom. The number of halogens is 1. The third-order valence-corrected chi connectivity index (χ3v) is 4.12. The van der Waals surface area contributed by atoms with Crippen LogP contribution in [-0.4, -0.2) is 48.0 Å². The molecule has 3 nitrogen and oxygen atoms in total. The van der Waals surface area contributed by atoms with Gasteiger partial charge in [0.1, 0.15) is 10.8 Å². The van der Waals surface area contributed by atoms with E-state index < -0.39 is 0 Å². The van der Waals surface area contributed by atoms with Gasteiger partial charge in [-0.3, -0.25) is 0 Å². The molecule has 1 atom stereocenters. The van der Waals surface area contributed by atoms with Gasteiger partial charge in [0.15, 0.2) is 0 Å². The first-order valence-electron chi connectivity index (χ1n) is 6.94. The van der Waals surface area contributed by atoms with Gasteiger partial charge in [-0.05, 0) is 57.2 Å². The van der Waals surface area contributed by atoms with E-state index >= 15 is 0 Å². The maximum Gasteiger partial charge on any atom is 0.124 e. The molecule has 0 aromatic heterocycles. The first-order valence-corrected chi connectivity index (χ1v) is 7.34. The first-order chi connectivity index (χ1) is 9.45. The van der Waals surface area contributed by atoms with E-state index in [2.05, 4.69) is 23.9 Å². The van der Waals surface area contributed by atoms with E-state index in [1.165, 1.54) is 25.5 Å². The predicted molar refractivity (Wildman–Crippen MR) is 84.3 cm³/mol. The summed E-state index contributed by atoms with van der Waals surface area (Å²) in [7, 11) is 4.23. The summed E-state index contributed by atoms with van der Waals surface area (Å²) in [5.74, 6) is -0.281. The van der Waals surface area contributed by atoms with Gasteiger partial charge in [0, 0.05) is 24.7 Å². The smallest absolute Gasteiger partial charge is 0.124 e. The van der Waals surface area contributed by atoms with Crippen LogP contribution >= 0.6 is 12.2 Å². The minimum Gasteiger partial charge on any atom is -0.389 e. The van der Waals surface area contributed by atoms with Crippen molar-refractivity contribution < 1.29 is 4.39 Å². The molecule has 0 bridgehead atoms. The Morgan fingerprint density at radius 3 is 2.85 bits per heavy atom. The summed E-state index contributed by atoms with van der Waals surface area (Å²) in [4.78, 5) is 4.86. The average Bonchev–Trinajstić information content (AvgIpc) is 2.74. The minimum atomic E-state index is -0.281. The van der Waals surface area contributed by atoms with Crippen molar-refractivity contribution in [3.63, 3.8) is 0 Å². The van der Waals surface area contributed by atoms with Crippen molar-refractivity contribution >= 4 is 17.2 Å². The van der Waals surface area contributed by atoms with Crippen molar-refractivity contribution in [2.75, 3.05) is 27.2 Å². The van der Waals surface area contributed by atoms with E-state index in [1.807, 2.05) is 6.07 Å². The van der Waals surface area contributed by atoms with Crippen LogP contribution in [0.5, 0.6) is 0 Å². The van der Waals surface area contributed by atoms with Crippen LogP contribution < -0.4 is 5.73 Å². The van der Waals surface area contributed by atoms with E-state index in [4.69, 9.17) is 18.0 Å². The summed E-state index contributed by atoms with van der Waals surface area (Å²) in [6.07, 6.45) is 2.50. The Balaban J connectivity index is 2.00. The van der Waals surface area contributed by atoms with Gasteiger partial charge in [-0.25, -0.2) is 4.39 Å². The monoisotopic (exact) mass is 295 g/mol. The molecule has 1 fully saturated rings. The molecule has 1 unspecified atom stereocenters. The topological polar surface area (TPSA) is 32.5 Å². The highest BCUT2D eigenvalue weighted by atomic mass is 32.1. The fraction of sp³-hybridized carbons (Fsp3) is 0.533. The number of likely N-dealkylation sites (tertiary alicyclic amines) is 1. The maximum atomic E-state index is 13.6. The van der Waals surface area contributed by atoms with Gasteiger partial charge in [0.2, 0.25) is 0 Å². The van der Waals surface area contributed by atoms with Gasteiger partial charge in [-0.2, -0.15) is 0 Å². The van der Waals surface area contributed by atoms with Gasteiger partial charge < -0.3 is 15.5 Å². The van der Waals surface area contributed by atoms with Crippen LogP contribution in [0.4, 0.5) is 4.39 Å². The Labute approximate surface area is 125 Å². The molecule has 1 aromatic rings. The molecule has 0 spiro atoms. The number of nitrogens with zero attached hydrogens (tertiary/aromatic N) is 2. The summed E-state index contributed by atoms with van der Waals surface area (Å²) in [5.41, 5.74) is 7.09. The van der Waals surface area contributed by atoms with Gasteiger partial charge in [0.05, 0.1) is 0 Å². The highest BCUT2D eigenvalue weighted by Crippen LogP contribution is 2.17. The lowest BCUT2D eigenvalue weighted by Gasteiger charge is -2.26. The summed E-state index contributed by atoms with van der Waals surface area (Å²) >= 11 is 4.92. The third kappa shape index (κ3) is 3.98. The molecule has 2 rings (SSSR count). The molecule has 20 heavy (non-hydrogen) atoms. The number of likely N-dealkylation sites (N-methyl/N-ethyl adjacent to an activating group) is 2. The van der Waals surface area contributed by atoms with Gasteiger partial charge in [-0.15, -0.1) is 0 Å². The van der Waals surface area contributed by atoms with E-state index in [9.17, 15) is 4.39 Å². The molecule has 1 aromatic carbocycles. The summed E-state index contributed by atoms with van der Waals surface area (Å²) in [5, 5.41) is 0. The Bertz CT molecular complexity index is 492. The molecule has 0 saturated carbocycles.